The van der Waals surface area contributed by atoms with Gasteiger partial charge in [-0.3, -0.25) is 4.79 Å². The molecule has 5 heteroatoms. The van der Waals surface area contributed by atoms with Crippen LogP contribution in [0.1, 0.15) is 39.7 Å². The molecule has 2 atom stereocenters. The van der Waals surface area contributed by atoms with Gasteiger partial charge in [-0.2, -0.15) is 0 Å². The van der Waals surface area contributed by atoms with E-state index in [1.54, 1.807) is 25.2 Å². The maximum Gasteiger partial charge on any atom is 0.258 e. The van der Waals surface area contributed by atoms with Crippen LogP contribution in [0, 0.1) is 13.8 Å². The second kappa shape index (κ2) is 6.08. The summed E-state index contributed by atoms with van der Waals surface area (Å²) in [5, 5.41) is 10.1. The monoisotopic (exact) mass is 315 g/mol. The lowest BCUT2D eigenvalue weighted by Crippen LogP contribution is -2.32. The van der Waals surface area contributed by atoms with E-state index < -0.39 is 6.10 Å². The summed E-state index contributed by atoms with van der Waals surface area (Å²) in [4.78, 5) is 14.7. The minimum absolute atomic E-state index is 0.0990. The minimum atomic E-state index is -0.525. The number of amides is 1. The minimum Gasteiger partial charge on any atom is -0.497 e. The second-order valence-electron chi connectivity index (χ2n) is 5.99. The normalized spacial score (nSPS) is 20.8. The Morgan fingerprint density at radius 2 is 2.17 bits per heavy atom. The molecule has 5 nitrogen and oxygen atoms in total. The number of carbonyl (C=O) groups excluding carboxylic acids is 1. The molecule has 0 radical (unpaired) electrons. The van der Waals surface area contributed by atoms with Crippen molar-refractivity contribution >= 4 is 5.91 Å². The van der Waals surface area contributed by atoms with Crippen LogP contribution in [-0.4, -0.2) is 35.7 Å². The van der Waals surface area contributed by atoms with E-state index in [1.807, 2.05) is 31.2 Å². The number of aliphatic hydroxyl groups is 1. The Bertz CT molecular complexity index is 702. The first-order valence-electron chi connectivity index (χ1n) is 7.69. The molecule has 122 valence electrons. The van der Waals surface area contributed by atoms with Gasteiger partial charge in [-0.25, -0.2) is 0 Å². The van der Waals surface area contributed by atoms with Crippen LogP contribution < -0.4 is 4.74 Å². The van der Waals surface area contributed by atoms with Gasteiger partial charge in [0, 0.05) is 12.1 Å². The van der Waals surface area contributed by atoms with Crippen LogP contribution in [0.4, 0.5) is 0 Å². The van der Waals surface area contributed by atoms with E-state index in [2.05, 4.69) is 0 Å². The molecule has 1 aromatic heterocycles. The second-order valence-corrected chi connectivity index (χ2v) is 5.99. The van der Waals surface area contributed by atoms with E-state index in [0.29, 0.717) is 24.3 Å². The maximum absolute atomic E-state index is 13.0. The summed E-state index contributed by atoms with van der Waals surface area (Å²) < 4.78 is 10.6. The fourth-order valence-electron chi connectivity index (χ4n) is 3.24. The highest BCUT2D eigenvalue weighted by Crippen LogP contribution is 2.35. The highest BCUT2D eigenvalue weighted by atomic mass is 16.5. The van der Waals surface area contributed by atoms with Crippen molar-refractivity contribution in [2.45, 2.75) is 32.4 Å². The lowest BCUT2D eigenvalue weighted by molar-refractivity contribution is 0.0713. The zero-order chi connectivity index (χ0) is 16.6. The molecule has 1 amide bonds. The number of aryl methyl sites for hydroxylation is 2. The van der Waals surface area contributed by atoms with Crippen LogP contribution in [0.2, 0.25) is 0 Å². The van der Waals surface area contributed by atoms with Gasteiger partial charge in [0.25, 0.3) is 5.91 Å². The summed E-state index contributed by atoms with van der Waals surface area (Å²) in [6, 6.07) is 7.47. The molecule has 3 rings (SSSR count). The van der Waals surface area contributed by atoms with Gasteiger partial charge in [-0.05, 0) is 38.0 Å². The van der Waals surface area contributed by atoms with E-state index >= 15 is 0 Å². The molecule has 23 heavy (non-hydrogen) atoms. The van der Waals surface area contributed by atoms with Crippen molar-refractivity contribution in [1.29, 1.82) is 0 Å². The van der Waals surface area contributed by atoms with Gasteiger partial charge >= 0.3 is 0 Å². The summed E-state index contributed by atoms with van der Waals surface area (Å²) >= 11 is 0. The SMILES string of the molecule is COc1cccc([C@H]2C[C@H](O)CN2C(=O)c2c(C)coc2C)c1. The van der Waals surface area contributed by atoms with Crippen molar-refractivity contribution in [2.75, 3.05) is 13.7 Å². The molecule has 0 bridgehead atoms. The lowest BCUT2D eigenvalue weighted by Gasteiger charge is -2.25. The molecule has 1 saturated heterocycles. The van der Waals surface area contributed by atoms with Crippen LogP contribution in [0.5, 0.6) is 5.75 Å². The largest absolute Gasteiger partial charge is 0.497 e. The van der Waals surface area contributed by atoms with Crippen LogP contribution in [0.15, 0.2) is 34.9 Å². The van der Waals surface area contributed by atoms with E-state index in [0.717, 1.165) is 16.9 Å². The van der Waals surface area contributed by atoms with Crippen molar-refractivity contribution in [3.8, 4) is 5.75 Å². The topological polar surface area (TPSA) is 62.9 Å². The molecule has 0 aliphatic carbocycles. The molecule has 0 unspecified atom stereocenters. The van der Waals surface area contributed by atoms with Crippen LogP contribution in [-0.2, 0) is 0 Å². The smallest absolute Gasteiger partial charge is 0.258 e. The number of rotatable bonds is 3. The van der Waals surface area contributed by atoms with Gasteiger partial charge in [-0.1, -0.05) is 12.1 Å². The number of methoxy groups -OCH3 is 1. The average Bonchev–Trinajstić information content (AvgIpc) is 3.09. The Kier molecular flexibility index (Phi) is 4.13. The average molecular weight is 315 g/mol. The molecular weight excluding hydrogens is 294 g/mol. The van der Waals surface area contributed by atoms with Crippen molar-refractivity contribution in [2.24, 2.45) is 0 Å². The third-order valence-electron chi connectivity index (χ3n) is 4.39. The van der Waals surface area contributed by atoms with E-state index in [1.165, 1.54) is 0 Å². The van der Waals surface area contributed by atoms with E-state index in [-0.39, 0.29) is 11.9 Å². The maximum atomic E-state index is 13.0. The van der Waals surface area contributed by atoms with Crippen LogP contribution in [0.25, 0.3) is 0 Å². The zero-order valence-electron chi connectivity index (χ0n) is 13.6. The van der Waals surface area contributed by atoms with Gasteiger partial charge in [0.1, 0.15) is 11.5 Å². The van der Waals surface area contributed by atoms with Gasteiger partial charge in [-0.15, -0.1) is 0 Å². The molecular formula is C18H21NO4. The number of hydrogen-bond acceptors (Lipinski definition) is 4. The van der Waals surface area contributed by atoms with Crippen LogP contribution in [0.3, 0.4) is 0 Å². The first-order valence-corrected chi connectivity index (χ1v) is 7.69. The summed E-state index contributed by atoms with van der Waals surface area (Å²) in [6.07, 6.45) is 1.59. The Morgan fingerprint density at radius 3 is 2.83 bits per heavy atom. The Labute approximate surface area is 135 Å². The summed E-state index contributed by atoms with van der Waals surface area (Å²) in [5.41, 5.74) is 2.37. The third-order valence-corrected chi connectivity index (χ3v) is 4.39. The summed E-state index contributed by atoms with van der Waals surface area (Å²) in [5.74, 6) is 1.25. The number of nitrogens with zero attached hydrogens (tertiary/aromatic N) is 1. The van der Waals surface area contributed by atoms with Gasteiger partial charge < -0.3 is 19.2 Å². The fourth-order valence-corrected chi connectivity index (χ4v) is 3.24. The molecule has 2 aromatic rings. The summed E-state index contributed by atoms with van der Waals surface area (Å²) in [6.45, 7) is 3.97. The lowest BCUT2D eigenvalue weighted by atomic mass is 10.0. The van der Waals surface area contributed by atoms with Crippen LogP contribution >= 0.6 is 0 Å². The number of likely N-dealkylation sites (tertiary alicyclic amines) is 1. The first kappa shape index (κ1) is 15.6. The molecule has 1 aliphatic heterocycles. The summed E-state index contributed by atoms with van der Waals surface area (Å²) in [7, 11) is 1.61. The zero-order valence-corrected chi connectivity index (χ0v) is 13.6. The van der Waals surface area contributed by atoms with Crippen molar-refractivity contribution in [3.63, 3.8) is 0 Å². The number of benzene rings is 1. The fraction of sp³-hybridized carbons (Fsp3) is 0.389. The van der Waals surface area contributed by atoms with Gasteiger partial charge in [0.2, 0.25) is 0 Å². The molecule has 1 aliphatic rings. The van der Waals surface area contributed by atoms with Crippen molar-refractivity contribution in [3.05, 3.63) is 53.0 Å². The highest BCUT2D eigenvalue weighted by Gasteiger charge is 2.37. The number of ether oxygens (including phenoxy) is 1. The Hall–Kier alpha value is -2.27. The standard InChI is InChI=1S/C18H21NO4/c1-11-10-23-12(2)17(11)18(21)19-9-14(20)8-16(19)13-5-4-6-15(7-13)22-3/h4-7,10,14,16,20H,8-9H2,1-3H3/t14-,16+/m0/s1. The van der Waals surface area contributed by atoms with E-state index in [4.69, 9.17) is 9.15 Å². The van der Waals surface area contributed by atoms with Gasteiger partial charge in [0.15, 0.2) is 0 Å². The number of aliphatic hydroxyl groups excluding tert-OH is 1. The molecule has 0 spiro atoms. The quantitative estimate of drug-likeness (QED) is 0.946. The molecule has 1 N–H and O–H groups in total. The number of hydrogen-bond donors (Lipinski definition) is 1. The third kappa shape index (κ3) is 2.84. The first-order chi connectivity index (χ1) is 11.0. The number of carbonyl (C=O) groups is 1. The number of furan rings is 1. The van der Waals surface area contributed by atoms with Crippen molar-refractivity contribution < 1.29 is 19.1 Å². The Morgan fingerprint density at radius 1 is 1.39 bits per heavy atom. The number of β-amino-alcohol motifs (C(OH)–C–C–N with tert-alkyl or cyclic N) is 1. The van der Waals surface area contributed by atoms with E-state index in [9.17, 15) is 9.90 Å². The van der Waals surface area contributed by atoms with Crippen molar-refractivity contribution in [1.82, 2.24) is 4.90 Å². The van der Waals surface area contributed by atoms with Gasteiger partial charge in [0.05, 0.1) is 31.1 Å². The predicted molar refractivity (Wildman–Crippen MR) is 85.6 cm³/mol. The predicted octanol–water partition coefficient (Wildman–Crippen LogP) is 2.85. The highest BCUT2D eigenvalue weighted by molar-refractivity contribution is 5.97. The molecule has 1 aromatic carbocycles. The molecule has 2 heterocycles. The molecule has 0 saturated carbocycles. The molecule has 1 fully saturated rings. The Balaban J connectivity index is 1.95.